The molecule has 1 atom stereocenters. The third-order valence-electron chi connectivity index (χ3n) is 2.47. The average molecular weight is 269 g/mol. The summed E-state index contributed by atoms with van der Waals surface area (Å²) in [6.07, 6.45) is 0.154. The van der Waals surface area contributed by atoms with Crippen LogP contribution in [-0.4, -0.2) is 23.4 Å². The Morgan fingerprint density at radius 2 is 2.21 bits per heavy atom. The molecule has 1 aromatic rings. The second kappa shape index (κ2) is 6.79. The van der Waals surface area contributed by atoms with Gasteiger partial charge in [0, 0.05) is 24.6 Å². The van der Waals surface area contributed by atoms with Crippen LogP contribution in [0.1, 0.15) is 20.3 Å². The van der Waals surface area contributed by atoms with E-state index >= 15 is 0 Å². The number of nitro groups is 1. The quantitative estimate of drug-likeness (QED) is 0.611. The van der Waals surface area contributed by atoms with Gasteiger partial charge in [0.25, 0.3) is 5.69 Å². The number of carbonyl (C=O) groups is 1. The van der Waals surface area contributed by atoms with Gasteiger partial charge in [-0.3, -0.25) is 14.9 Å². The van der Waals surface area contributed by atoms with Crippen molar-refractivity contribution in [3.63, 3.8) is 0 Å². The molecule has 0 radical (unpaired) electrons. The van der Waals surface area contributed by atoms with Gasteiger partial charge in [0.1, 0.15) is 11.5 Å². The number of benzene rings is 1. The van der Waals surface area contributed by atoms with Crippen LogP contribution in [0, 0.1) is 15.9 Å². The number of anilines is 1. The highest BCUT2D eigenvalue weighted by atomic mass is 19.1. The van der Waals surface area contributed by atoms with Crippen molar-refractivity contribution in [2.45, 2.75) is 26.3 Å². The lowest BCUT2D eigenvalue weighted by Crippen LogP contribution is -2.30. The van der Waals surface area contributed by atoms with Crippen LogP contribution in [0.25, 0.3) is 0 Å². The van der Waals surface area contributed by atoms with Gasteiger partial charge < -0.3 is 10.6 Å². The van der Waals surface area contributed by atoms with Crippen molar-refractivity contribution >= 4 is 17.3 Å². The Kier molecular flexibility index (Phi) is 5.37. The van der Waals surface area contributed by atoms with Gasteiger partial charge in [-0.25, -0.2) is 4.39 Å². The van der Waals surface area contributed by atoms with Crippen LogP contribution >= 0.6 is 0 Å². The van der Waals surface area contributed by atoms with Crippen LogP contribution in [0.2, 0.25) is 0 Å². The Bertz CT molecular complexity index is 479. The van der Waals surface area contributed by atoms with Gasteiger partial charge in [-0.15, -0.1) is 0 Å². The molecule has 0 saturated heterocycles. The smallest absolute Gasteiger partial charge is 0.292 e. The SMILES string of the molecule is CCNC(C)CC(=O)Nc1cc(F)ccc1[N+](=O)[O-]. The maximum absolute atomic E-state index is 13.1. The average Bonchev–Trinajstić information content (AvgIpc) is 2.28. The minimum atomic E-state index is -0.664. The number of nitrogens with zero attached hydrogens (tertiary/aromatic N) is 1. The minimum absolute atomic E-state index is 0.0578. The second-order valence-electron chi connectivity index (χ2n) is 4.13. The molecule has 0 spiro atoms. The Labute approximate surface area is 110 Å². The predicted octanol–water partition coefficient (Wildman–Crippen LogP) is 2.06. The summed E-state index contributed by atoms with van der Waals surface area (Å²) in [5.74, 6) is -1.04. The number of carbonyl (C=O) groups excluding carboxylic acids is 1. The van der Waals surface area contributed by atoms with Crippen molar-refractivity contribution < 1.29 is 14.1 Å². The molecule has 0 aliphatic carbocycles. The maximum Gasteiger partial charge on any atom is 0.292 e. The molecule has 0 aromatic heterocycles. The zero-order valence-electron chi connectivity index (χ0n) is 10.8. The van der Waals surface area contributed by atoms with Crippen LogP contribution in [-0.2, 0) is 4.79 Å². The van der Waals surface area contributed by atoms with Crippen LogP contribution in [0.15, 0.2) is 18.2 Å². The minimum Gasteiger partial charge on any atom is -0.320 e. The first-order valence-electron chi connectivity index (χ1n) is 5.91. The van der Waals surface area contributed by atoms with E-state index in [9.17, 15) is 19.3 Å². The zero-order valence-corrected chi connectivity index (χ0v) is 10.8. The standard InChI is InChI=1S/C12H16FN3O3/c1-3-14-8(2)6-12(17)15-10-7-9(13)4-5-11(10)16(18)19/h4-5,7-8,14H,3,6H2,1-2H3,(H,15,17). The van der Waals surface area contributed by atoms with Gasteiger partial charge in [0.2, 0.25) is 5.91 Å². The molecule has 1 aromatic carbocycles. The first-order valence-corrected chi connectivity index (χ1v) is 5.91. The maximum atomic E-state index is 13.1. The van der Waals surface area contributed by atoms with E-state index in [4.69, 9.17) is 0 Å². The molecule has 1 rings (SSSR count). The van der Waals surface area contributed by atoms with Crippen LogP contribution in [0.5, 0.6) is 0 Å². The summed E-state index contributed by atoms with van der Waals surface area (Å²) < 4.78 is 13.1. The van der Waals surface area contributed by atoms with Crippen LogP contribution < -0.4 is 10.6 Å². The highest BCUT2D eigenvalue weighted by Crippen LogP contribution is 2.25. The van der Waals surface area contributed by atoms with Gasteiger partial charge in [-0.1, -0.05) is 6.92 Å². The fraction of sp³-hybridized carbons (Fsp3) is 0.417. The van der Waals surface area contributed by atoms with Crippen molar-refractivity contribution in [2.75, 3.05) is 11.9 Å². The van der Waals surface area contributed by atoms with Gasteiger partial charge in [-0.05, 0) is 19.5 Å². The molecule has 6 nitrogen and oxygen atoms in total. The third kappa shape index (κ3) is 4.63. The summed E-state index contributed by atoms with van der Waals surface area (Å²) in [5.41, 5.74) is -0.454. The Hall–Kier alpha value is -2.02. The van der Waals surface area contributed by atoms with Crippen molar-refractivity contribution in [3.8, 4) is 0 Å². The largest absolute Gasteiger partial charge is 0.320 e. The molecule has 0 aliphatic heterocycles. The monoisotopic (exact) mass is 269 g/mol. The molecule has 0 heterocycles. The topological polar surface area (TPSA) is 84.3 Å². The third-order valence-corrected chi connectivity index (χ3v) is 2.47. The van der Waals surface area contributed by atoms with Gasteiger partial charge in [0.15, 0.2) is 0 Å². The molecule has 0 aliphatic rings. The van der Waals surface area contributed by atoms with Crippen LogP contribution in [0.4, 0.5) is 15.8 Å². The molecular formula is C12H16FN3O3. The lowest BCUT2D eigenvalue weighted by atomic mass is 10.2. The van der Waals surface area contributed by atoms with E-state index in [1.807, 2.05) is 13.8 Å². The number of hydrogen-bond acceptors (Lipinski definition) is 4. The number of nitro benzene ring substituents is 1. The fourth-order valence-electron chi connectivity index (χ4n) is 1.67. The summed E-state index contributed by atoms with van der Waals surface area (Å²) in [6, 6.07) is 2.89. The molecule has 1 unspecified atom stereocenters. The highest BCUT2D eigenvalue weighted by Gasteiger charge is 2.17. The molecule has 2 N–H and O–H groups in total. The molecule has 7 heteroatoms. The van der Waals surface area contributed by atoms with Crippen molar-refractivity contribution in [1.29, 1.82) is 0 Å². The number of hydrogen-bond donors (Lipinski definition) is 2. The zero-order chi connectivity index (χ0) is 14.4. The van der Waals surface area contributed by atoms with Gasteiger partial charge in [0.05, 0.1) is 4.92 Å². The Balaban J connectivity index is 2.78. The lowest BCUT2D eigenvalue weighted by molar-refractivity contribution is -0.384. The second-order valence-corrected chi connectivity index (χ2v) is 4.13. The normalized spacial score (nSPS) is 11.9. The molecule has 19 heavy (non-hydrogen) atoms. The van der Waals surface area contributed by atoms with E-state index in [-0.39, 0.29) is 23.8 Å². The Morgan fingerprint density at radius 1 is 1.53 bits per heavy atom. The van der Waals surface area contributed by atoms with E-state index in [0.29, 0.717) is 6.54 Å². The number of rotatable bonds is 6. The molecule has 0 bridgehead atoms. The first-order chi connectivity index (χ1) is 8.93. The van der Waals surface area contributed by atoms with Crippen LogP contribution in [0.3, 0.4) is 0 Å². The van der Waals surface area contributed by atoms with Gasteiger partial charge in [-0.2, -0.15) is 0 Å². The summed E-state index contributed by atoms with van der Waals surface area (Å²) in [6.45, 7) is 4.45. The molecule has 104 valence electrons. The molecule has 1 amide bonds. The number of amides is 1. The summed E-state index contributed by atoms with van der Waals surface area (Å²) in [7, 11) is 0. The van der Waals surface area contributed by atoms with E-state index in [1.165, 1.54) is 0 Å². The van der Waals surface area contributed by atoms with Gasteiger partial charge >= 0.3 is 0 Å². The molecular weight excluding hydrogens is 253 g/mol. The summed E-state index contributed by atoms with van der Waals surface area (Å²) >= 11 is 0. The Morgan fingerprint density at radius 3 is 2.79 bits per heavy atom. The number of nitrogens with one attached hydrogen (secondary N) is 2. The molecule has 0 fully saturated rings. The van der Waals surface area contributed by atoms with E-state index in [1.54, 1.807) is 0 Å². The lowest BCUT2D eigenvalue weighted by Gasteiger charge is -2.12. The van der Waals surface area contributed by atoms with E-state index in [0.717, 1.165) is 18.2 Å². The van der Waals surface area contributed by atoms with Crippen molar-refractivity contribution in [3.05, 3.63) is 34.1 Å². The fourth-order valence-corrected chi connectivity index (χ4v) is 1.67. The summed E-state index contributed by atoms with van der Waals surface area (Å²) in [4.78, 5) is 21.8. The van der Waals surface area contributed by atoms with Crippen molar-refractivity contribution in [2.24, 2.45) is 0 Å². The molecule has 0 saturated carbocycles. The van der Waals surface area contributed by atoms with E-state index in [2.05, 4.69) is 10.6 Å². The summed E-state index contributed by atoms with van der Waals surface area (Å²) in [5, 5.41) is 16.2. The van der Waals surface area contributed by atoms with Crippen molar-refractivity contribution in [1.82, 2.24) is 5.32 Å². The highest BCUT2D eigenvalue weighted by molar-refractivity contribution is 5.93. The predicted molar refractivity (Wildman–Crippen MR) is 69.4 cm³/mol. The number of halogens is 1. The first kappa shape index (κ1) is 15.0. The van der Waals surface area contributed by atoms with E-state index < -0.39 is 16.6 Å².